The van der Waals surface area contributed by atoms with Crippen LogP contribution in [0.25, 0.3) is 0 Å². The first-order valence-corrected chi connectivity index (χ1v) is 5.61. The molecule has 2 aromatic carbocycles. The summed E-state index contributed by atoms with van der Waals surface area (Å²) < 4.78 is 53.4. The minimum Gasteiger partial charge on any atom is -0.378 e. The van der Waals surface area contributed by atoms with Gasteiger partial charge in [0.1, 0.15) is 11.6 Å². The Morgan fingerprint density at radius 1 is 0.895 bits per heavy atom. The first-order valence-electron chi connectivity index (χ1n) is 5.61. The number of anilines is 1. The predicted octanol–water partition coefficient (Wildman–Crippen LogP) is 4.17. The minimum absolute atomic E-state index is 0.0203. The summed E-state index contributed by atoms with van der Waals surface area (Å²) in [6.45, 7) is -0.736. The molecule has 5 heteroatoms. The van der Waals surface area contributed by atoms with E-state index in [4.69, 9.17) is 0 Å². The van der Waals surface area contributed by atoms with Gasteiger partial charge in [0, 0.05) is 17.3 Å². The van der Waals surface area contributed by atoms with Crippen LogP contribution in [0.15, 0.2) is 48.5 Å². The number of hydrogen-bond acceptors (Lipinski definition) is 1. The van der Waals surface area contributed by atoms with Crippen LogP contribution in [0.2, 0.25) is 0 Å². The molecule has 0 fully saturated rings. The van der Waals surface area contributed by atoms with Gasteiger partial charge in [0.15, 0.2) is 0 Å². The average molecular weight is 269 g/mol. The summed E-state index contributed by atoms with van der Waals surface area (Å²) >= 11 is 0. The maximum atomic E-state index is 13.8. The van der Waals surface area contributed by atoms with E-state index in [0.29, 0.717) is 6.07 Å². The van der Waals surface area contributed by atoms with Crippen LogP contribution < -0.4 is 5.32 Å². The molecule has 0 unspecified atom stereocenters. The van der Waals surface area contributed by atoms with Gasteiger partial charge >= 0.3 is 0 Å². The first kappa shape index (κ1) is 13.4. The zero-order valence-electron chi connectivity index (χ0n) is 9.84. The molecule has 0 bridgehead atoms. The molecule has 2 rings (SSSR count). The Morgan fingerprint density at radius 2 is 1.47 bits per heavy atom. The number of rotatable bonds is 4. The van der Waals surface area contributed by atoms with E-state index in [-0.39, 0.29) is 11.3 Å². The number of alkyl halides is 2. The van der Waals surface area contributed by atoms with Crippen molar-refractivity contribution in [2.24, 2.45) is 0 Å². The fourth-order valence-corrected chi connectivity index (χ4v) is 1.65. The molecule has 0 atom stereocenters. The molecule has 1 N–H and O–H groups in total. The summed E-state index contributed by atoms with van der Waals surface area (Å²) in [7, 11) is 0. The molecule has 0 aliphatic rings. The monoisotopic (exact) mass is 269 g/mol. The highest BCUT2D eigenvalue weighted by Gasteiger charge is 2.30. The Bertz CT molecular complexity index is 534. The summed E-state index contributed by atoms with van der Waals surface area (Å²) in [5.41, 5.74) is -0.174. The fraction of sp³-hybridized carbons (Fsp3) is 0.143. The Morgan fingerprint density at radius 3 is 2.05 bits per heavy atom. The smallest absolute Gasteiger partial charge is 0.290 e. The molecule has 1 nitrogen and oxygen atoms in total. The highest BCUT2D eigenvalue weighted by atomic mass is 19.3. The van der Waals surface area contributed by atoms with Gasteiger partial charge in [-0.15, -0.1) is 0 Å². The highest BCUT2D eigenvalue weighted by Crippen LogP contribution is 2.28. The number of hydrogen-bond donors (Lipinski definition) is 1. The molecule has 0 heterocycles. The van der Waals surface area contributed by atoms with Crippen LogP contribution in [0.1, 0.15) is 5.56 Å². The maximum absolute atomic E-state index is 13.8. The van der Waals surface area contributed by atoms with Gasteiger partial charge in [-0.1, -0.05) is 30.3 Å². The zero-order chi connectivity index (χ0) is 13.9. The molecule has 0 saturated carbocycles. The second-order valence-electron chi connectivity index (χ2n) is 4.08. The summed E-state index contributed by atoms with van der Waals surface area (Å²) in [5.74, 6) is -4.75. The van der Waals surface area contributed by atoms with Crippen molar-refractivity contribution in [1.29, 1.82) is 0 Å². The standard InChI is InChI=1S/C14H11F4N/c15-11-6-12(16)8-13(7-11)19-9-14(17,18)10-4-2-1-3-5-10/h1-8,19H,9H2. The summed E-state index contributed by atoms with van der Waals surface area (Å²) in [6.07, 6.45) is 0. The van der Waals surface area contributed by atoms with Gasteiger partial charge < -0.3 is 5.32 Å². The molecule has 0 saturated heterocycles. The van der Waals surface area contributed by atoms with Crippen molar-refractivity contribution in [1.82, 2.24) is 0 Å². The van der Waals surface area contributed by atoms with Crippen molar-refractivity contribution in [3.05, 3.63) is 65.7 Å². The van der Waals surface area contributed by atoms with E-state index in [9.17, 15) is 17.6 Å². The summed E-state index contributed by atoms with van der Waals surface area (Å²) in [5, 5.41) is 2.34. The number of benzene rings is 2. The van der Waals surface area contributed by atoms with Gasteiger partial charge in [-0.25, -0.2) is 8.78 Å². The highest BCUT2D eigenvalue weighted by molar-refractivity contribution is 5.44. The molecular weight excluding hydrogens is 258 g/mol. The lowest BCUT2D eigenvalue weighted by Gasteiger charge is -2.18. The molecular formula is C14H11F4N. The van der Waals surface area contributed by atoms with Gasteiger partial charge in [0.2, 0.25) is 0 Å². The SMILES string of the molecule is Fc1cc(F)cc(NCC(F)(F)c2ccccc2)c1. The van der Waals surface area contributed by atoms with Crippen LogP contribution in [-0.2, 0) is 5.92 Å². The zero-order valence-corrected chi connectivity index (χ0v) is 9.84. The second kappa shape index (κ2) is 5.30. The van der Waals surface area contributed by atoms with Gasteiger partial charge in [-0.2, -0.15) is 8.78 Å². The third-order valence-corrected chi connectivity index (χ3v) is 2.57. The van der Waals surface area contributed by atoms with Crippen molar-refractivity contribution in [2.45, 2.75) is 5.92 Å². The lowest BCUT2D eigenvalue weighted by atomic mass is 10.1. The Labute approximate surface area is 107 Å². The fourth-order valence-electron chi connectivity index (χ4n) is 1.65. The molecule has 100 valence electrons. The Hall–Kier alpha value is -2.04. The van der Waals surface area contributed by atoms with E-state index in [0.717, 1.165) is 12.1 Å². The van der Waals surface area contributed by atoms with E-state index in [1.807, 2.05) is 0 Å². The van der Waals surface area contributed by atoms with Gasteiger partial charge in [0.05, 0.1) is 6.54 Å². The largest absolute Gasteiger partial charge is 0.378 e. The molecule has 0 amide bonds. The topological polar surface area (TPSA) is 12.0 Å². The van der Waals surface area contributed by atoms with Crippen molar-refractivity contribution in [2.75, 3.05) is 11.9 Å². The Kier molecular flexibility index (Phi) is 3.74. The predicted molar refractivity (Wildman–Crippen MR) is 65.2 cm³/mol. The maximum Gasteiger partial charge on any atom is 0.290 e. The normalized spacial score (nSPS) is 11.4. The summed E-state index contributed by atoms with van der Waals surface area (Å²) in [6, 6.07) is 9.85. The van der Waals surface area contributed by atoms with E-state index in [1.165, 1.54) is 24.3 Å². The molecule has 19 heavy (non-hydrogen) atoms. The number of halogens is 4. The molecule has 2 aromatic rings. The molecule has 0 aliphatic heterocycles. The van der Waals surface area contributed by atoms with Crippen molar-refractivity contribution in [3.63, 3.8) is 0 Å². The Balaban J connectivity index is 2.09. The van der Waals surface area contributed by atoms with Gasteiger partial charge in [-0.3, -0.25) is 0 Å². The van der Waals surface area contributed by atoms with Crippen LogP contribution >= 0.6 is 0 Å². The van der Waals surface area contributed by atoms with Gasteiger partial charge in [0.25, 0.3) is 5.92 Å². The number of nitrogens with one attached hydrogen (secondary N) is 1. The molecule has 0 spiro atoms. The third-order valence-electron chi connectivity index (χ3n) is 2.57. The lowest BCUT2D eigenvalue weighted by molar-refractivity contribution is 0.0106. The van der Waals surface area contributed by atoms with E-state index < -0.39 is 24.1 Å². The van der Waals surface area contributed by atoms with Crippen molar-refractivity contribution >= 4 is 5.69 Å². The third kappa shape index (κ3) is 3.47. The molecule has 0 aliphatic carbocycles. The van der Waals surface area contributed by atoms with Crippen molar-refractivity contribution < 1.29 is 17.6 Å². The van der Waals surface area contributed by atoms with E-state index in [1.54, 1.807) is 6.07 Å². The van der Waals surface area contributed by atoms with Crippen LogP contribution in [0.3, 0.4) is 0 Å². The molecule has 0 aromatic heterocycles. The minimum atomic E-state index is -3.12. The first-order chi connectivity index (χ1) is 8.97. The molecule has 0 radical (unpaired) electrons. The van der Waals surface area contributed by atoms with Crippen LogP contribution in [0.4, 0.5) is 23.2 Å². The average Bonchev–Trinajstić information content (AvgIpc) is 2.37. The summed E-state index contributed by atoms with van der Waals surface area (Å²) in [4.78, 5) is 0. The van der Waals surface area contributed by atoms with Crippen LogP contribution in [-0.4, -0.2) is 6.54 Å². The lowest BCUT2D eigenvalue weighted by Crippen LogP contribution is -2.24. The second-order valence-corrected chi connectivity index (χ2v) is 4.08. The van der Waals surface area contributed by atoms with Gasteiger partial charge in [-0.05, 0) is 12.1 Å². The van der Waals surface area contributed by atoms with Crippen molar-refractivity contribution in [3.8, 4) is 0 Å². The van der Waals surface area contributed by atoms with E-state index in [2.05, 4.69) is 5.32 Å². The van der Waals surface area contributed by atoms with Crippen LogP contribution in [0.5, 0.6) is 0 Å². The quantitative estimate of drug-likeness (QED) is 0.821. The van der Waals surface area contributed by atoms with Crippen LogP contribution in [0, 0.1) is 11.6 Å². The van der Waals surface area contributed by atoms with E-state index >= 15 is 0 Å².